The Morgan fingerprint density at radius 1 is 1.12 bits per heavy atom. The van der Waals surface area contributed by atoms with Crippen molar-refractivity contribution in [3.05, 3.63) is 76.6 Å². The molecule has 222 valence electrons. The summed E-state index contributed by atoms with van der Waals surface area (Å²) in [5, 5.41) is 15.5. The highest BCUT2D eigenvalue weighted by Gasteiger charge is 2.50. The van der Waals surface area contributed by atoms with E-state index in [9.17, 15) is 27.2 Å². The largest absolute Gasteiger partial charge is 0.416 e. The Morgan fingerprint density at radius 3 is 2.43 bits per heavy atom. The molecule has 2 heterocycles. The fourth-order valence-corrected chi connectivity index (χ4v) is 5.64. The van der Waals surface area contributed by atoms with E-state index in [0.29, 0.717) is 24.5 Å². The van der Waals surface area contributed by atoms with Gasteiger partial charge >= 0.3 is 12.2 Å². The van der Waals surface area contributed by atoms with Gasteiger partial charge in [0.1, 0.15) is 5.82 Å². The first-order chi connectivity index (χ1) is 19.8. The van der Waals surface area contributed by atoms with Crippen LogP contribution >= 0.6 is 0 Å². The Hall–Kier alpha value is -4.29. The second-order valence-electron chi connectivity index (χ2n) is 11.4. The van der Waals surface area contributed by atoms with Gasteiger partial charge in [0.05, 0.1) is 17.6 Å². The van der Waals surface area contributed by atoms with Crippen molar-refractivity contribution in [2.45, 2.75) is 64.7 Å². The van der Waals surface area contributed by atoms with Gasteiger partial charge in [0.2, 0.25) is 0 Å². The molecule has 1 unspecified atom stereocenters. The average molecular weight is 586 g/mol. The van der Waals surface area contributed by atoms with E-state index in [1.54, 1.807) is 29.2 Å². The lowest BCUT2D eigenvalue weighted by molar-refractivity contribution is -0.137. The van der Waals surface area contributed by atoms with Crippen LogP contribution in [0.4, 0.5) is 34.0 Å². The summed E-state index contributed by atoms with van der Waals surface area (Å²) in [4.78, 5) is 29.4. The minimum absolute atomic E-state index is 0.0165. The molecule has 1 aromatic heterocycles. The fourth-order valence-electron chi connectivity index (χ4n) is 5.64. The molecule has 0 spiro atoms. The number of allylic oxidation sites excluding steroid dienone is 2. The van der Waals surface area contributed by atoms with Gasteiger partial charge in [-0.25, -0.2) is 9.18 Å². The number of rotatable bonds is 10. The van der Waals surface area contributed by atoms with Gasteiger partial charge in [-0.15, -0.1) is 5.10 Å². The van der Waals surface area contributed by atoms with Crippen LogP contribution in [0.5, 0.6) is 0 Å². The number of halogens is 4. The fraction of sp³-hybridized carbons (Fsp3) is 0.414. The Labute approximate surface area is 240 Å². The molecule has 2 aliphatic rings. The number of carbonyl (C=O) groups excluding carboxylic acids is 2. The van der Waals surface area contributed by atoms with E-state index in [1.165, 1.54) is 10.5 Å². The Kier molecular flexibility index (Phi) is 7.54. The van der Waals surface area contributed by atoms with Crippen LogP contribution in [0.25, 0.3) is 0 Å². The summed E-state index contributed by atoms with van der Waals surface area (Å²) in [6.45, 7) is 6.50. The first kappa shape index (κ1) is 29.2. The van der Waals surface area contributed by atoms with Crippen LogP contribution in [-0.2, 0) is 12.7 Å². The zero-order valence-electron chi connectivity index (χ0n) is 23.4. The van der Waals surface area contributed by atoms with Crippen molar-refractivity contribution in [2.75, 3.05) is 16.8 Å². The smallest absolute Gasteiger partial charge is 0.313 e. The van der Waals surface area contributed by atoms with Crippen molar-refractivity contribution in [1.82, 2.24) is 25.5 Å². The van der Waals surface area contributed by atoms with Crippen molar-refractivity contribution in [3.8, 4) is 0 Å². The lowest BCUT2D eigenvalue weighted by Gasteiger charge is -2.37. The number of nitrogens with zero attached hydrogens (tertiary/aromatic N) is 5. The second kappa shape index (κ2) is 10.8. The molecule has 0 bridgehead atoms. The number of anilines is 2. The van der Waals surface area contributed by atoms with Crippen molar-refractivity contribution in [1.29, 1.82) is 0 Å². The molecule has 0 radical (unpaired) electrons. The third-order valence-electron chi connectivity index (χ3n) is 7.99. The van der Waals surface area contributed by atoms with E-state index in [4.69, 9.17) is 0 Å². The topological polar surface area (TPSA) is 107 Å². The molecule has 1 aliphatic heterocycles. The second-order valence-corrected chi connectivity index (χ2v) is 11.4. The summed E-state index contributed by atoms with van der Waals surface area (Å²) in [5.74, 6) is -1.48. The highest BCUT2D eigenvalue weighted by molar-refractivity contribution is 6.03. The van der Waals surface area contributed by atoms with Crippen molar-refractivity contribution in [3.63, 3.8) is 0 Å². The normalized spacial score (nSPS) is 19.7. The molecular formula is C29H31F4N7O2. The van der Waals surface area contributed by atoms with E-state index in [-0.39, 0.29) is 30.1 Å². The number of urea groups is 1. The summed E-state index contributed by atoms with van der Waals surface area (Å²) >= 11 is 0. The van der Waals surface area contributed by atoms with Crippen LogP contribution < -0.4 is 10.2 Å². The van der Waals surface area contributed by atoms with Gasteiger partial charge in [0, 0.05) is 23.2 Å². The zero-order chi connectivity index (χ0) is 30.3. The van der Waals surface area contributed by atoms with Crippen LogP contribution in [0.2, 0.25) is 0 Å². The number of hydrogen-bond acceptors (Lipinski definition) is 5. The van der Waals surface area contributed by atoms with Crippen molar-refractivity contribution < 1.29 is 27.2 Å². The number of aromatic amines is 1. The molecule has 1 fully saturated rings. The summed E-state index contributed by atoms with van der Waals surface area (Å²) in [7, 11) is 0. The minimum Gasteiger partial charge on any atom is -0.313 e. The number of hydrogen-bond donors (Lipinski definition) is 2. The molecule has 13 heteroatoms. The molecule has 1 saturated heterocycles. The molecule has 1 atom stereocenters. The van der Waals surface area contributed by atoms with Crippen LogP contribution in [0, 0.1) is 11.2 Å². The maximum atomic E-state index is 14.4. The van der Waals surface area contributed by atoms with E-state index in [0.717, 1.165) is 30.5 Å². The van der Waals surface area contributed by atoms with E-state index in [2.05, 4.69) is 45.9 Å². The maximum Gasteiger partial charge on any atom is 0.416 e. The van der Waals surface area contributed by atoms with Crippen LogP contribution in [0.1, 0.15) is 67.9 Å². The predicted molar refractivity (Wildman–Crippen MR) is 147 cm³/mol. The number of carbonyl (C=O) groups is 2. The molecule has 5 rings (SSSR count). The number of H-pyrrole nitrogens is 1. The average Bonchev–Trinajstić information content (AvgIpc) is 3.21. The SMILES string of the molecule is CCCC1(CCC2=CC2(C)C)CN(c2cc(F)cc(C(F)(F)F)c2)C(=O)N1Cc1ccc(C(=O)Nc2nn[nH]n2)cc1. The van der Waals surface area contributed by atoms with Crippen LogP contribution in [0.3, 0.4) is 0 Å². The number of tetrazole rings is 1. The summed E-state index contributed by atoms with van der Waals surface area (Å²) < 4.78 is 55.0. The van der Waals surface area contributed by atoms with Gasteiger partial charge in [-0.2, -0.15) is 18.4 Å². The molecule has 42 heavy (non-hydrogen) atoms. The van der Waals surface area contributed by atoms with Gasteiger partial charge in [0.15, 0.2) is 0 Å². The number of amides is 3. The first-order valence-electron chi connectivity index (χ1n) is 13.6. The van der Waals surface area contributed by atoms with Crippen molar-refractivity contribution in [2.24, 2.45) is 5.41 Å². The molecular weight excluding hydrogens is 554 g/mol. The molecule has 2 N–H and O–H groups in total. The molecule has 0 saturated carbocycles. The predicted octanol–water partition coefficient (Wildman–Crippen LogP) is 6.34. The third kappa shape index (κ3) is 6.00. The Balaban J connectivity index is 1.44. The monoisotopic (exact) mass is 585 g/mol. The van der Waals surface area contributed by atoms with Gasteiger partial charge in [-0.05, 0) is 60.4 Å². The molecule has 3 aromatic rings. The van der Waals surface area contributed by atoms with E-state index < -0.39 is 35.0 Å². The van der Waals surface area contributed by atoms with Gasteiger partial charge < -0.3 is 4.90 Å². The minimum atomic E-state index is -4.76. The van der Waals surface area contributed by atoms with Gasteiger partial charge in [-0.3, -0.25) is 15.0 Å². The van der Waals surface area contributed by atoms with Crippen molar-refractivity contribution >= 4 is 23.6 Å². The molecule has 9 nitrogen and oxygen atoms in total. The lowest BCUT2D eigenvalue weighted by Crippen LogP contribution is -2.46. The summed E-state index contributed by atoms with van der Waals surface area (Å²) in [6, 6.07) is 8.36. The summed E-state index contributed by atoms with van der Waals surface area (Å²) in [6.07, 6.45) is 0.0806. The van der Waals surface area contributed by atoms with Crippen LogP contribution in [-0.4, -0.2) is 49.5 Å². The maximum absolute atomic E-state index is 14.4. The lowest BCUT2D eigenvalue weighted by atomic mass is 9.85. The number of benzene rings is 2. The number of alkyl halides is 3. The first-order valence-corrected chi connectivity index (χ1v) is 13.6. The van der Waals surface area contributed by atoms with Gasteiger partial charge in [-0.1, -0.05) is 56.1 Å². The quantitative estimate of drug-likeness (QED) is 0.213. The Bertz CT molecular complexity index is 1500. The standard InChI is InChI=1S/C29H31F4N7O2/c1-4-10-28(11-9-20-15-27(20,2)3)17-39(23-13-21(29(31,32)33)12-22(30)14-23)26(42)40(28)16-18-5-7-19(8-6-18)24(41)34-25-35-37-38-36-25/h5-8,12-15H,4,9-11,16-17H2,1-3H3,(H2,34,35,36,37,38,41). The molecule has 2 aromatic carbocycles. The zero-order valence-corrected chi connectivity index (χ0v) is 23.4. The molecule has 1 aliphatic carbocycles. The van der Waals surface area contributed by atoms with E-state index in [1.807, 2.05) is 6.92 Å². The third-order valence-corrected chi connectivity index (χ3v) is 7.99. The highest BCUT2D eigenvalue weighted by Crippen LogP contribution is 2.48. The highest BCUT2D eigenvalue weighted by atomic mass is 19.4. The number of nitrogens with one attached hydrogen (secondary N) is 2. The number of aromatic nitrogens is 4. The van der Waals surface area contributed by atoms with E-state index >= 15 is 0 Å². The molecule has 3 amide bonds. The van der Waals surface area contributed by atoms with Crippen LogP contribution in [0.15, 0.2) is 54.1 Å². The van der Waals surface area contributed by atoms with Gasteiger partial charge in [0.25, 0.3) is 11.9 Å². The Morgan fingerprint density at radius 2 is 1.83 bits per heavy atom. The summed E-state index contributed by atoms with van der Waals surface area (Å²) in [5.41, 5.74) is 0.362.